The number of amides is 1. The van der Waals surface area contributed by atoms with Crippen LogP contribution in [0, 0.1) is 13.8 Å². The summed E-state index contributed by atoms with van der Waals surface area (Å²) >= 11 is 0. The Balaban J connectivity index is 1.77. The summed E-state index contributed by atoms with van der Waals surface area (Å²) in [7, 11) is 1.44. The number of carbonyl (C=O) groups excluding carboxylic acids is 1. The zero-order valence-electron chi connectivity index (χ0n) is 14.3. The van der Waals surface area contributed by atoms with Crippen molar-refractivity contribution >= 4 is 11.6 Å². The number of rotatable bonds is 4. The molecule has 0 spiro atoms. The van der Waals surface area contributed by atoms with Crippen molar-refractivity contribution in [2.45, 2.75) is 13.8 Å². The molecule has 0 aliphatic heterocycles. The normalized spacial score (nSPS) is 10.5. The van der Waals surface area contributed by atoms with Crippen molar-refractivity contribution in [3.8, 4) is 17.2 Å². The number of methoxy groups -OCH3 is 1. The molecule has 6 nitrogen and oxygen atoms in total. The van der Waals surface area contributed by atoms with Crippen LogP contribution < -0.4 is 10.1 Å². The van der Waals surface area contributed by atoms with Gasteiger partial charge in [-0.2, -0.15) is 0 Å². The van der Waals surface area contributed by atoms with Gasteiger partial charge in [0.05, 0.1) is 19.1 Å². The average Bonchev–Trinajstić information content (AvgIpc) is 2.95. The predicted molar refractivity (Wildman–Crippen MR) is 95.7 cm³/mol. The Morgan fingerprint density at radius 1 is 1.16 bits per heavy atom. The first kappa shape index (κ1) is 16.6. The van der Waals surface area contributed by atoms with Gasteiger partial charge in [0.2, 0.25) is 0 Å². The third-order valence-corrected chi connectivity index (χ3v) is 4.10. The third kappa shape index (κ3) is 3.33. The monoisotopic (exact) mass is 337 g/mol. The van der Waals surface area contributed by atoms with Crippen molar-refractivity contribution in [3.05, 3.63) is 65.7 Å². The van der Waals surface area contributed by atoms with Crippen molar-refractivity contribution in [3.63, 3.8) is 0 Å². The number of hydrogen-bond donors (Lipinski definition) is 2. The van der Waals surface area contributed by atoms with Crippen molar-refractivity contribution in [1.82, 2.24) is 9.55 Å². The lowest BCUT2D eigenvalue weighted by atomic mass is 10.2. The number of benzene rings is 2. The van der Waals surface area contributed by atoms with Crippen molar-refractivity contribution in [2.24, 2.45) is 0 Å². The maximum Gasteiger partial charge on any atom is 0.255 e. The van der Waals surface area contributed by atoms with Crippen LogP contribution in [0.25, 0.3) is 5.69 Å². The van der Waals surface area contributed by atoms with E-state index in [4.69, 9.17) is 4.74 Å². The summed E-state index contributed by atoms with van der Waals surface area (Å²) in [5.41, 5.74) is 4.11. The highest BCUT2D eigenvalue weighted by Gasteiger charge is 2.10. The molecule has 3 aromatic rings. The molecule has 6 heteroatoms. The Hall–Kier alpha value is -3.28. The Morgan fingerprint density at radius 2 is 1.88 bits per heavy atom. The molecule has 0 aliphatic carbocycles. The first-order valence-corrected chi connectivity index (χ1v) is 7.79. The summed E-state index contributed by atoms with van der Waals surface area (Å²) in [5, 5.41) is 12.4. The molecule has 1 amide bonds. The summed E-state index contributed by atoms with van der Waals surface area (Å²) in [4.78, 5) is 16.6. The second-order valence-electron chi connectivity index (χ2n) is 5.67. The smallest absolute Gasteiger partial charge is 0.255 e. The molecule has 3 rings (SSSR count). The highest BCUT2D eigenvalue weighted by Crippen LogP contribution is 2.26. The zero-order valence-corrected chi connectivity index (χ0v) is 14.3. The van der Waals surface area contributed by atoms with E-state index in [2.05, 4.69) is 10.3 Å². The Kier molecular flexibility index (Phi) is 4.43. The van der Waals surface area contributed by atoms with Gasteiger partial charge in [-0.1, -0.05) is 0 Å². The number of aromatic nitrogens is 2. The molecule has 0 saturated carbocycles. The van der Waals surface area contributed by atoms with Gasteiger partial charge >= 0.3 is 0 Å². The van der Waals surface area contributed by atoms with E-state index >= 15 is 0 Å². The van der Waals surface area contributed by atoms with Crippen LogP contribution in [0.5, 0.6) is 11.5 Å². The van der Waals surface area contributed by atoms with Crippen LogP contribution in [0.1, 0.15) is 21.7 Å². The third-order valence-electron chi connectivity index (χ3n) is 4.10. The lowest BCUT2D eigenvalue weighted by molar-refractivity contribution is 0.102. The second kappa shape index (κ2) is 6.68. The fraction of sp³-hybridized carbons (Fsp3) is 0.158. The van der Waals surface area contributed by atoms with Gasteiger partial charge in [-0.3, -0.25) is 4.79 Å². The van der Waals surface area contributed by atoms with Crippen molar-refractivity contribution in [2.75, 3.05) is 12.4 Å². The van der Waals surface area contributed by atoms with Crippen LogP contribution in [-0.2, 0) is 0 Å². The van der Waals surface area contributed by atoms with Crippen LogP contribution in [0.15, 0.2) is 48.8 Å². The Labute approximate surface area is 145 Å². The first-order chi connectivity index (χ1) is 12.0. The van der Waals surface area contributed by atoms with E-state index in [9.17, 15) is 9.90 Å². The topological polar surface area (TPSA) is 76.4 Å². The lowest BCUT2D eigenvalue weighted by Crippen LogP contribution is -2.12. The molecule has 1 aromatic heterocycles. The van der Waals surface area contributed by atoms with Gasteiger partial charge in [0.15, 0.2) is 11.5 Å². The van der Waals surface area contributed by atoms with Gasteiger partial charge in [0.1, 0.15) is 0 Å². The van der Waals surface area contributed by atoms with Gasteiger partial charge in [-0.05, 0) is 56.3 Å². The number of anilines is 1. The van der Waals surface area contributed by atoms with Gasteiger partial charge in [-0.15, -0.1) is 0 Å². The summed E-state index contributed by atoms with van der Waals surface area (Å²) in [5.74, 6) is -0.0240. The summed E-state index contributed by atoms with van der Waals surface area (Å²) in [6, 6.07) is 12.0. The number of carbonyl (C=O) groups is 1. The molecule has 2 aromatic carbocycles. The number of aryl methyl sites for hydroxylation is 1. The minimum absolute atomic E-state index is 0.00519. The molecular weight excluding hydrogens is 318 g/mol. The highest BCUT2D eigenvalue weighted by molar-refractivity contribution is 6.04. The highest BCUT2D eigenvalue weighted by atomic mass is 16.5. The van der Waals surface area contributed by atoms with Crippen molar-refractivity contribution < 1.29 is 14.6 Å². The van der Waals surface area contributed by atoms with E-state index in [1.54, 1.807) is 12.4 Å². The Bertz CT molecular complexity index is 914. The molecule has 0 saturated heterocycles. The maximum absolute atomic E-state index is 12.3. The van der Waals surface area contributed by atoms with E-state index in [-0.39, 0.29) is 17.4 Å². The quantitative estimate of drug-likeness (QED) is 0.764. The average molecular weight is 337 g/mol. The number of nitrogens with one attached hydrogen (secondary N) is 1. The molecule has 128 valence electrons. The number of nitrogens with zero attached hydrogens (tertiary/aromatic N) is 2. The van der Waals surface area contributed by atoms with E-state index in [1.165, 1.54) is 19.2 Å². The molecule has 0 unspecified atom stereocenters. The van der Waals surface area contributed by atoms with Crippen LogP contribution in [0.2, 0.25) is 0 Å². The van der Waals surface area contributed by atoms with Gasteiger partial charge < -0.3 is 19.7 Å². The molecule has 25 heavy (non-hydrogen) atoms. The second-order valence-corrected chi connectivity index (χ2v) is 5.67. The maximum atomic E-state index is 12.3. The first-order valence-electron chi connectivity index (χ1n) is 7.79. The molecule has 0 fully saturated rings. The van der Waals surface area contributed by atoms with Crippen LogP contribution >= 0.6 is 0 Å². The summed E-state index contributed by atoms with van der Waals surface area (Å²) in [6.45, 7) is 3.97. The standard InChI is InChI=1S/C19H19N3O3/c1-12-13(2)22(11-20-12)16-7-5-15(6-8-16)21-19(24)14-4-9-17(23)18(10-14)25-3/h4-11,23H,1-3H3,(H,21,24). The summed E-state index contributed by atoms with van der Waals surface area (Å²) < 4.78 is 7.02. The van der Waals surface area contributed by atoms with E-state index in [0.29, 0.717) is 11.3 Å². The number of phenols is 1. The number of ether oxygens (including phenoxy) is 1. The summed E-state index contributed by atoms with van der Waals surface area (Å²) in [6.07, 6.45) is 1.78. The minimum atomic E-state index is -0.277. The Morgan fingerprint density at radius 3 is 2.48 bits per heavy atom. The van der Waals surface area contributed by atoms with E-state index in [0.717, 1.165) is 17.1 Å². The molecule has 0 radical (unpaired) electrons. The number of aromatic hydroxyl groups is 1. The van der Waals surface area contributed by atoms with Gasteiger partial charge in [0, 0.05) is 22.6 Å². The van der Waals surface area contributed by atoms with Crippen LogP contribution in [0.3, 0.4) is 0 Å². The largest absolute Gasteiger partial charge is 0.504 e. The SMILES string of the molecule is COc1cc(C(=O)Nc2ccc(-n3cnc(C)c3C)cc2)ccc1O. The van der Waals surface area contributed by atoms with Crippen LogP contribution in [-0.4, -0.2) is 27.7 Å². The van der Waals surface area contributed by atoms with Crippen LogP contribution in [0.4, 0.5) is 5.69 Å². The number of imidazole rings is 1. The van der Waals surface area contributed by atoms with E-state index < -0.39 is 0 Å². The minimum Gasteiger partial charge on any atom is -0.504 e. The molecule has 0 aliphatic rings. The number of phenolic OH excluding ortho intramolecular Hbond substituents is 1. The lowest BCUT2D eigenvalue weighted by Gasteiger charge is -2.10. The molecular formula is C19H19N3O3. The van der Waals surface area contributed by atoms with Gasteiger partial charge in [-0.25, -0.2) is 4.98 Å². The van der Waals surface area contributed by atoms with E-state index in [1.807, 2.05) is 42.7 Å². The molecule has 0 bridgehead atoms. The van der Waals surface area contributed by atoms with Crippen molar-refractivity contribution in [1.29, 1.82) is 0 Å². The molecule has 0 atom stereocenters. The molecule has 1 heterocycles. The zero-order chi connectivity index (χ0) is 18.0. The fourth-order valence-electron chi connectivity index (χ4n) is 2.49. The fourth-order valence-corrected chi connectivity index (χ4v) is 2.49. The molecule has 2 N–H and O–H groups in total. The van der Waals surface area contributed by atoms with Gasteiger partial charge in [0.25, 0.3) is 5.91 Å². The number of hydrogen-bond acceptors (Lipinski definition) is 4. The predicted octanol–water partition coefficient (Wildman–Crippen LogP) is 3.46.